The van der Waals surface area contributed by atoms with Crippen molar-refractivity contribution in [3.63, 3.8) is 0 Å². The Morgan fingerprint density at radius 2 is 1.94 bits per heavy atom. The minimum atomic E-state index is -0.565. The zero-order valence-electron chi connectivity index (χ0n) is 10.8. The third-order valence-corrected chi connectivity index (χ3v) is 2.61. The van der Waals surface area contributed by atoms with Gasteiger partial charge in [0, 0.05) is 12.0 Å². The predicted molar refractivity (Wildman–Crippen MR) is 61.0 cm³/mol. The molecule has 4 nitrogen and oxygen atoms in total. The average molecular weight is 227 g/mol. The Labute approximate surface area is 96.9 Å². The number of likely N-dealkylation sites (tertiary alicyclic amines) is 1. The molecule has 0 aliphatic carbocycles. The smallest absolute Gasteiger partial charge is 0.417 e. The van der Waals surface area contributed by atoms with E-state index in [1.807, 2.05) is 13.8 Å². The minimum absolute atomic E-state index is 0.134. The number of imide groups is 1. The molecule has 2 amide bonds. The molecule has 0 spiro atoms. The molecule has 0 bridgehead atoms. The molecule has 0 N–H and O–H groups in total. The summed E-state index contributed by atoms with van der Waals surface area (Å²) in [6.45, 7) is 9.19. The molecule has 0 aromatic rings. The highest BCUT2D eigenvalue weighted by molar-refractivity contribution is 5.93. The maximum atomic E-state index is 11.9. The zero-order valence-corrected chi connectivity index (χ0v) is 10.8. The van der Waals surface area contributed by atoms with Crippen molar-refractivity contribution < 1.29 is 14.3 Å². The molecule has 1 rings (SSSR count). The van der Waals surface area contributed by atoms with Gasteiger partial charge in [0.1, 0.15) is 5.60 Å². The third-order valence-electron chi connectivity index (χ3n) is 2.61. The van der Waals surface area contributed by atoms with Crippen LogP contribution in [-0.2, 0) is 9.53 Å². The fourth-order valence-electron chi connectivity index (χ4n) is 1.89. The number of ether oxygens (including phenoxy) is 1. The number of rotatable bonds is 0. The van der Waals surface area contributed by atoms with Crippen molar-refractivity contribution in [3.05, 3.63) is 0 Å². The first-order chi connectivity index (χ1) is 7.13. The van der Waals surface area contributed by atoms with Crippen LogP contribution >= 0.6 is 0 Å². The molecule has 1 heterocycles. The van der Waals surface area contributed by atoms with Crippen molar-refractivity contribution in [2.75, 3.05) is 0 Å². The lowest BCUT2D eigenvalue weighted by Crippen LogP contribution is -2.55. The van der Waals surface area contributed by atoms with Crippen LogP contribution in [0.2, 0.25) is 0 Å². The Morgan fingerprint density at radius 1 is 1.38 bits per heavy atom. The van der Waals surface area contributed by atoms with E-state index in [9.17, 15) is 9.59 Å². The Morgan fingerprint density at radius 3 is 2.38 bits per heavy atom. The van der Waals surface area contributed by atoms with Crippen LogP contribution < -0.4 is 0 Å². The third kappa shape index (κ3) is 2.97. The van der Waals surface area contributed by atoms with E-state index < -0.39 is 17.2 Å². The second kappa shape index (κ2) is 4.07. The van der Waals surface area contributed by atoms with Crippen LogP contribution in [0.3, 0.4) is 0 Å². The van der Waals surface area contributed by atoms with Crippen molar-refractivity contribution in [1.82, 2.24) is 4.90 Å². The van der Waals surface area contributed by atoms with Crippen molar-refractivity contribution in [2.45, 2.75) is 65.0 Å². The highest BCUT2D eigenvalue weighted by atomic mass is 16.6. The van der Waals surface area contributed by atoms with Crippen LogP contribution in [0.4, 0.5) is 4.79 Å². The number of amides is 2. The summed E-state index contributed by atoms with van der Waals surface area (Å²) in [5.74, 6) is -0.134. The quantitative estimate of drug-likeness (QED) is 0.639. The van der Waals surface area contributed by atoms with Crippen molar-refractivity contribution in [2.24, 2.45) is 0 Å². The molecule has 0 saturated carbocycles. The van der Waals surface area contributed by atoms with E-state index in [1.165, 1.54) is 4.90 Å². The van der Waals surface area contributed by atoms with E-state index in [2.05, 4.69) is 0 Å². The van der Waals surface area contributed by atoms with Gasteiger partial charge in [-0.2, -0.15) is 0 Å². The summed E-state index contributed by atoms with van der Waals surface area (Å²) >= 11 is 0. The summed E-state index contributed by atoms with van der Waals surface area (Å²) in [7, 11) is 0. The van der Waals surface area contributed by atoms with Gasteiger partial charge >= 0.3 is 6.09 Å². The van der Waals surface area contributed by atoms with Gasteiger partial charge in [-0.25, -0.2) is 9.69 Å². The number of piperidine rings is 1. The number of carbonyl (C=O) groups is 2. The second-order valence-electron chi connectivity index (χ2n) is 5.88. The first kappa shape index (κ1) is 13.0. The Bertz CT molecular complexity index is 302. The molecule has 1 aliphatic rings. The van der Waals surface area contributed by atoms with Crippen LogP contribution in [-0.4, -0.2) is 28.0 Å². The first-order valence-electron chi connectivity index (χ1n) is 5.69. The molecule has 1 fully saturated rings. The van der Waals surface area contributed by atoms with Crippen LogP contribution in [0.15, 0.2) is 0 Å². The Kier molecular flexibility index (Phi) is 3.31. The van der Waals surface area contributed by atoms with Gasteiger partial charge in [-0.3, -0.25) is 4.79 Å². The lowest BCUT2D eigenvalue weighted by Gasteiger charge is -2.40. The van der Waals surface area contributed by atoms with Gasteiger partial charge in [-0.05, 0) is 47.5 Å². The number of hydrogen-bond donors (Lipinski definition) is 0. The molecule has 16 heavy (non-hydrogen) atoms. The van der Waals surface area contributed by atoms with Gasteiger partial charge in [0.15, 0.2) is 0 Å². The highest BCUT2D eigenvalue weighted by Crippen LogP contribution is 2.29. The topological polar surface area (TPSA) is 46.6 Å². The summed E-state index contributed by atoms with van der Waals surface area (Å²) in [5, 5.41) is 0. The van der Waals surface area contributed by atoms with E-state index in [0.717, 1.165) is 12.8 Å². The normalized spacial score (nSPS) is 20.8. The van der Waals surface area contributed by atoms with Crippen molar-refractivity contribution in [1.29, 1.82) is 0 Å². The molecule has 0 atom stereocenters. The van der Waals surface area contributed by atoms with Crippen LogP contribution in [0.25, 0.3) is 0 Å². The minimum Gasteiger partial charge on any atom is -0.443 e. The molecule has 0 aromatic carbocycles. The summed E-state index contributed by atoms with van der Waals surface area (Å²) in [6, 6.07) is 0. The molecule has 92 valence electrons. The average Bonchev–Trinajstić information content (AvgIpc) is 1.97. The summed E-state index contributed by atoms with van der Waals surface area (Å²) < 4.78 is 5.25. The SMILES string of the molecule is CC(C)(C)OC(=O)N1C(=O)CCCC1(C)C. The predicted octanol–water partition coefficient (Wildman–Crippen LogP) is 2.71. The summed E-state index contributed by atoms with van der Waals surface area (Å²) in [5.41, 5.74) is -0.997. The lowest BCUT2D eigenvalue weighted by molar-refractivity contribution is -0.138. The summed E-state index contributed by atoms with van der Waals surface area (Å²) in [6.07, 6.45) is 1.58. The number of carbonyl (C=O) groups excluding carboxylic acids is 2. The fraction of sp³-hybridized carbons (Fsp3) is 0.833. The molecule has 0 aromatic heterocycles. The number of hydrogen-bond acceptors (Lipinski definition) is 3. The van der Waals surface area contributed by atoms with Gasteiger partial charge in [-0.1, -0.05) is 0 Å². The molecule has 0 radical (unpaired) electrons. The van der Waals surface area contributed by atoms with E-state index in [1.54, 1.807) is 20.8 Å². The largest absolute Gasteiger partial charge is 0.443 e. The Hall–Kier alpha value is -1.06. The first-order valence-corrected chi connectivity index (χ1v) is 5.69. The molecule has 1 aliphatic heterocycles. The molecular weight excluding hydrogens is 206 g/mol. The van der Waals surface area contributed by atoms with Gasteiger partial charge in [-0.15, -0.1) is 0 Å². The van der Waals surface area contributed by atoms with Crippen LogP contribution in [0.1, 0.15) is 53.9 Å². The van der Waals surface area contributed by atoms with Gasteiger partial charge in [0.2, 0.25) is 5.91 Å². The van der Waals surface area contributed by atoms with Gasteiger partial charge in [0.05, 0.1) is 0 Å². The van der Waals surface area contributed by atoms with Crippen LogP contribution in [0, 0.1) is 0 Å². The standard InChI is InChI=1S/C12H21NO3/c1-11(2,3)16-10(15)13-9(14)7-6-8-12(13,4)5/h6-8H2,1-5H3. The van der Waals surface area contributed by atoms with Gasteiger partial charge < -0.3 is 4.74 Å². The molecule has 1 saturated heterocycles. The monoisotopic (exact) mass is 227 g/mol. The molecule has 4 heteroatoms. The zero-order chi connectivity index (χ0) is 12.6. The maximum absolute atomic E-state index is 11.9. The summed E-state index contributed by atoms with van der Waals surface area (Å²) in [4.78, 5) is 25.0. The number of nitrogens with zero attached hydrogens (tertiary/aromatic N) is 1. The van der Waals surface area contributed by atoms with Crippen molar-refractivity contribution >= 4 is 12.0 Å². The van der Waals surface area contributed by atoms with E-state index >= 15 is 0 Å². The van der Waals surface area contributed by atoms with Crippen LogP contribution in [0.5, 0.6) is 0 Å². The Balaban J connectivity index is 2.83. The molecular formula is C12H21NO3. The lowest BCUT2D eigenvalue weighted by atomic mass is 9.90. The van der Waals surface area contributed by atoms with E-state index in [0.29, 0.717) is 6.42 Å². The molecule has 0 unspecified atom stereocenters. The van der Waals surface area contributed by atoms with Gasteiger partial charge in [0.25, 0.3) is 0 Å². The van der Waals surface area contributed by atoms with E-state index in [4.69, 9.17) is 4.74 Å². The van der Waals surface area contributed by atoms with Crippen molar-refractivity contribution in [3.8, 4) is 0 Å². The maximum Gasteiger partial charge on any atom is 0.417 e. The highest BCUT2D eigenvalue weighted by Gasteiger charge is 2.41. The second-order valence-corrected chi connectivity index (χ2v) is 5.88. The van der Waals surface area contributed by atoms with E-state index in [-0.39, 0.29) is 5.91 Å². The fourth-order valence-corrected chi connectivity index (χ4v) is 1.89.